The Morgan fingerprint density at radius 1 is 0.629 bits per heavy atom. The molecule has 2 N–H and O–H groups in total. The van der Waals surface area contributed by atoms with Crippen LogP contribution in [0.25, 0.3) is 0 Å². The second-order valence-electron chi connectivity index (χ2n) is 7.90. The Kier molecular flexibility index (Phi) is 7.70. The molecule has 0 aliphatic rings. The Bertz CT molecular complexity index is 1210. The molecule has 2 amide bonds. The van der Waals surface area contributed by atoms with Crippen molar-refractivity contribution in [1.29, 1.82) is 0 Å². The molecule has 0 aliphatic carbocycles. The van der Waals surface area contributed by atoms with E-state index in [2.05, 4.69) is 20.6 Å². The molecule has 4 aromatic rings. The normalized spacial score (nSPS) is 11.5. The minimum atomic E-state index is -1.23. The van der Waals surface area contributed by atoms with E-state index in [4.69, 9.17) is 0 Å². The number of anilines is 2. The number of carbonyl (C=O) groups is 3. The zero-order chi connectivity index (χ0) is 24.5. The van der Waals surface area contributed by atoms with Crippen LogP contribution >= 0.6 is 0 Å². The van der Waals surface area contributed by atoms with E-state index in [0.29, 0.717) is 22.8 Å². The van der Waals surface area contributed by atoms with E-state index in [-0.39, 0.29) is 12.2 Å². The van der Waals surface area contributed by atoms with Gasteiger partial charge in [-0.1, -0.05) is 72.8 Å². The summed E-state index contributed by atoms with van der Waals surface area (Å²) in [4.78, 5) is 48.6. The summed E-state index contributed by atoms with van der Waals surface area (Å²) >= 11 is 0. The molecular formula is C28H24N4O3. The molecule has 4 rings (SSSR count). The largest absolute Gasteiger partial charge is 0.310 e. The van der Waals surface area contributed by atoms with E-state index in [9.17, 15) is 14.4 Å². The lowest BCUT2D eigenvalue weighted by molar-refractivity contribution is -0.130. The third-order valence-electron chi connectivity index (χ3n) is 5.53. The second kappa shape index (κ2) is 11.5. The summed E-state index contributed by atoms with van der Waals surface area (Å²) in [6.45, 7) is 0. The molecule has 1 unspecified atom stereocenters. The smallest absolute Gasteiger partial charge is 0.238 e. The van der Waals surface area contributed by atoms with Gasteiger partial charge in [0.25, 0.3) is 0 Å². The van der Waals surface area contributed by atoms with Crippen LogP contribution < -0.4 is 10.6 Å². The maximum absolute atomic E-state index is 13.5. The highest BCUT2D eigenvalue weighted by Gasteiger charge is 2.37. The number of nitrogens with zero attached hydrogens (tertiary/aromatic N) is 2. The average molecular weight is 465 g/mol. The van der Waals surface area contributed by atoms with Crippen LogP contribution in [0, 0.1) is 5.92 Å². The molecule has 2 heterocycles. The van der Waals surface area contributed by atoms with Crippen LogP contribution in [0.4, 0.5) is 11.6 Å². The highest BCUT2D eigenvalue weighted by molar-refractivity contribution is 6.11. The van der Waals surface area contributed by atoms with Crippen molar-refractivity contribution in [3.63, 3.8) is 0 Å². The van der Waals surface area contributed by atoms with Crippen molar-refractivity contribution in [2.45, 2.75) is 12.3 Å². The number of benzene rings is 2. The predicted octanol–water partition coefficient (Wildman–Crippen LogP) is 4.73. The van der Waals surface area contributed by atoms with Gasteiger partial charge >= 0.3 is 0 Å². The molecule has 7 nitrogen and oxygen atoms in total. The van der Waals surface area contributed by atoms with Crippen LogP contribution in [-0.4, -0.2) is 27.6 Å². The maximum atomic E-state index is 13.5. The van der Waals surface area contributed by atoms with E-state index in [1.54, 1.807) is 73.1 Å². The number of amides is 2. The number of pyridine rings is 2. The van der Waals surface area contributed by atoms with Gasteiger partial charge in [0.15, 0.2) is 5.78 Å². The average Bonchev–Trinajstić information content (AvgIpc) is 2.90. The summed E-state index contributed by atoms with van der Waals surface area (Å²) in [5, 5.41) is 5.46. The number of hydrogen-bond donors (Lipinski definition) is 2. The number of aromatic nitrogens is 2. The first-order chi connectivity index (χ1) is 17.1. The molecular weight excluding hydrogens is 440 g/mol. The SMILES string of the molecule is O=C(CC(c1ccccc1)C(C(=O)Nc1ccccn1)C(=O)Nc1ccccn1)c1ccccc1. The third kappa shape index (κ3) is 6.23. The third-order valence-corrected chi connectivity index (χ3v) is 5.53. The van der Waals surface area contributed by atoms with Gasteiger partial charge in [0.05, 0.1) is 0 Å². The topological polar surface area (TPSA) is 101 Å². The van der Waals surface area contributed by atoms with Crippen LogP contribution in [0.5, 0.6) is 0 Å². The molecule has 0 fully saturated rings. The van der Waals surface area contributed by atoms with Crippen molar-refractivity contribution in [3.05, 3.63) is 121 Å². The number of ketones is 1. The van der Waals surface area contributed by atoms with Crippen molar-refractivity contribution >= 4 is 29.2 Å². The molecule has 0 saturated carbocycles. The van der Waals surface area contributed by atoms with E-state index < -0.39 is 23.7 Å². The molecule has 0 spiro atoms. The van der Waals surface area contributed by atoms with Crippen LogP contribution in [0.2, 0.25) is 0 Å². The maximum Gasteiger partial charge on any atom is 0.238 e. The summed E-state index contributed by atoms with van der Waals surface area (Å²) in [5.41, 5.74) is 1.22. The number of carbonyl (C=O) groups excluding carboxylic acids is 3. The van der Waals surface area contributed by atoms with E-state index in [0.717, 1.165) is 0 Å². The molecule has 0 bridgehead atoms. The zero-order valence-corrected chi connectivity index (χ0v) is 18.9. The van der Waals surface area contributed by atoms with Gasteiger partial charge in [0, 0.05) is 30.3 Å². The van der Waals surface area contributed by atoms with Gasteiger partial charge in [-0.05, 0) is 29.8 Å². The summed E-state index contributed by atoms with van der Waals surface area (Å²) in [6.07, 6.45) is 3.06. The van der Waals surface area contributed by atoms with Crippen LogP contribution in [0.3, 0.4) is 0 Å². The molecule has 0 radical (unpaired) electrons. The second-order valence-corrected chi connectivity index (χ2v) is 7.90. The van der Waals surface area contributed by atoms with Gasteiger partial charge in [0.1, 0.15) is 17.6 Å². The Balaban J connectivity index is 1.71. The van der Waals surface area contributed by atoms with Crippen LogP contribution in [-0.2, 0) is 9.59 Å². The molecule has 0 aliphatic heterocycles. The molecule has 1 atom stereocenters. The fourth-order valence-electron chi connectivity index (χ4n) is 3.84. The van der Waals surface area contributed by atoms with Crippen LogP contribution in [0.15, 0.2) is 109 Å². The Labute approximate surface area is 203 Å². The van der Waals surface area contributed by atoms with Gasteiger partial charge in [-0.2, -0.15) is 0 Å². The zero-order valence-electron chi connectivity index (χ0n) is 18.9. The first-order valence-electron chi connectivity index (χ1n) is 11.2. The lowest BCUT2D eigenvalue weighted by Gasteiger charge is -2.25. The van der Waals surface area contributed by atoms with Crippen molar-refractivity contribution in [2.75, 3.05) is 10.6 Å². The number of Topliss-reactive ketones (excluding diaryl/α,β-unsaturated/α-hetero) is 1. The van der Waals surface area contributed by atoms with Crippen molar-refractivity contribution in [1.82, 2.24) is 9.97 Å². The molecule has 35 heavy (non-hydrogen) atoms. The summed E-state index contributed by atoms with van der Waals surface area (Å²) in [6, 6.07) is 28.2. The molecule has 174 valence electrons. The Morgan fingerprint density at radius 2 is 1.11 bits per heavy atom. The van der Waals surface area contributed by atoms with Gasteiger partial charge in [0.2, 0.25) is 11.8 Å². The van der Waals surface area contributed by atoms with E-state index >= 15 is 0 Å². The summed E-state index contributed by atoms with van der Waals surface area (Å²) in [7, 11) is 0. The number of rotatable bonds is 9. The molecule has 0 saturated heterocycles. The first-order valence-corrected chi connectivity index (χ1v) is 11.2. The molecule has 2 aromatic carbocycles. The van der Waals surface area contributed by atoms with Crippen molar-refractivity contribution in [3.8, 4) is 0 Å². The minimum absolute atomic E-state index is 0.0377. The van der Waals surface area contributed by atoms with Crippen molar-refractivity contribution < 1.29 is 14.4 Å². The Morgan fingerprint density at radius 3 is 1.60 bits per heavy atom. The van der Waals surface area contributed by atoms with Gasteiger partial charge in [-0.15, -0.1) is 0 Å². The quantitative estimate of drug-likeness (QED) is 0.276. The van der Waals surface area contributed by atoms with Gasteiger partial charge in [-0.3, -0.25) is 14.4 Å². The lowest BCUT2D eigenvalue weighted by Crippen LogP contribution is -2.39. The minimum Gasteiger partial charge on any atom is -0.310 e. The van der Waals surface area contributed by atoms with Crippen LogP contribution in [0.1, 0.15) is 28.3 Å². The monoisotopic (exact) mass is 464 g/mol. The Hall–Kier alpha value is -4.65. The lowest BCUT2D eigenvalue weighted by atomic mass is 9.80. The summed E-state index contributed by atoms with van der Waals surface area (Å²) in [5.74, 6) is -2.62. The highest BCUT2D eigenvalue weighted by atomic mass is 16.2. The standard InChI is InChI=1S/C28H24N4O3/c33-23(21-13-5-2-6-14-21)19-22(20-11-3-1-4-12-20)26(27(34)31-24-15-7-9-17-29-24)28(35)32-25-16-8-10-18-30-25/h1-18,22,26H,19H2,(H,29,31,34)(H,30,32,35). The number of hydrogen-bond acceptors (Lipinski definition) is 5. The number of nitrogens with one attached hydrogen (secondary N) is 2. The fraction of sp³-hybridized carbons (Fsp3) is 0.107. The van der Waals surface area contributed by atoms with Crippen molar-refractivity contribution in [2.24, 2.45) is 5.92 Å². The summed E-state index contributed by atoms with van der Waals surface area (Å²) < 4.78 is 0. The first kappa shape index (κ1) is 23.5. The highest BCUT2D eigenvalue weighted by Crippen LogP contribution is 2.32. The van der Waals surface area contributed by atoms with E-state index in [1.807, 2.05) is 36.4 Å². The molecule has 2 aromatic heterocycles. The van der Waals surface area contributed by atoms with Gasteiger partial charge in [-0.25, -0.2) is 9.97 Å². The fourth-order valence-corrected chi connectivity index (χ4v) is 3.84. The van der Waals surface area contributed by atoms with E-state index in [1.165, 1.54) is 0 Å². The predicted molar refractivity (Wildman–Crippen MR) is 134 cm³/mol. The van der Waals surface area contributed by atoms with Gasteiger partial charge < -0.3 is 10.6 Å². The molecule has 7 heteroatoms.